The van der Waals surface area contributed by atoms with E-state index in [-0.39, 0.29) is 23.6 Å². The van der Waals surface area contributed by atoms with Crippen molar-refractivity contribution in [3.63, 3.8) is 0 Å². The Morgan fingerprint density at radius 2 is 1.37 bits per heavy atom. The summed E-state index contributed by atoms with van der Waals surface area (Å²) < 4.78 is 5.22. The lowest BCUT2D eigenvalue weighted by Gasteiger charge is -2.26. The van der Waals surface area contributed by atoms with Gasteiger partial charge < -0.3 is 25.1 Å². The van der Waals surface area contributed by atoms with E-state index in [1.54, 1.807) is 38.4 Å². The summed E-state index contributed by atoms with van der Waals surface area (Å²) in [6.45, 7) is 0. The molecule has 1 aliphatic rings. The second-order valence-corrected chi connectivity index (χ2v) is 10.5. The SMILES string of the molecule is COc1ccc(N(C)C(=O)[C@H](Cc2ccccc2)NC(=O)[C@H]2CC[C@@H](C(=O)N[C@H](C=O)Cc3ccccc3)C2)cc1. The van der Waals surface area contributed by atoms with Crippen LogP contribution in [0.1, 0.15) is 30.4 Å². The van der Waals surface area contributed by atoms with Gasteiger partial charge in [-0.05, 0) is 61.1 Å². The van der Waals surface area contributed by atoms with Gasteiger partial charge in [-0.2, -0.15) is 0 Å². The molecule has 0 saturated heterocycles. The molecule has 2 N–H and O–H groups in total. The Labute approximate surface area is 241 Å². The lowest BCUT2D eigenvalue weighted by atomic mass is 10.00. The molecule has 1 saturated carbocycles. The smallest absolute Gasteiger partial charge is 0.249 e. The fourth-order valence-electron chi connectivity index (χ4n) is 5.27. The summed E-state index contributed by atoms with van der Waals surface area (Å²) in [5.74, 6) is -0.781. The molecule has 41 heavy (non-hydrogen) atoms. The van der Waals surface area contributed by atoms with Crippen LogP contribution >= 0.6 is 0 Å². The van der Waals surface area contributed by atoms with E-state index in [1.165, 1.54) is 4.90 Å². The summed E-state index contributed by atoms with van der Waals surface area (Å²) in [6.07, 6.45) is 2.96. The van der Waals surface area contributed by atoms with Crippen LogP contribution in [0.4, 0.5) is 5.69 Å². The zero-order chi connectivity index (χ0) is 29.2. The second-order valence-electron chi connectivity index (χ2n) is 10.5. The normalized spacial score (nSPS) is 17.6. The Bertz CT molecular complexity index is 1310. The quantitative estimate of drug-likeness (QED) is 0.332. The molecule has 0 aliphatic heterocycles. The number of methoxy groups -OCH3 is 1. The highest BCUT2D eigenvalue weighted by Gasteiger charge is 2.36. The summed E-state index contributed by atoms with van der Waals surface area (Å²) in [5, 5.41) is 5.82. The Kier molecular flexibility index (Phi) is 10.3. The van der Waals surface area contributed by atoms with Gasteiger partial charge in [-0.15, -0.1) is 0 Å². The highest BCUT2D eigenvalue weighted by molar-refractivity contribution is 5.99. The maximum Gasteiger partial charge on any atom is 0.249 e. The molecule has 4 atom stereocenters. The number of anilines is 1. The fraction of sp³-hybridized carbons (Fsp3) is 0.333. The van der Waals surface area contributed by atoms with E-state index < -0.39 is 18.0 Å². The molecule has 0 heterocycles. The van der Waals surface area contributed by atoms with E-state index in [1.807, 2.05) is 60.7 Å². The van der Waals surface area contributed by atoms with Gasteiger partial charge in [-0.25, -0.2) is 0 Å². The second kappa shape index (κ2) is 14.3. The number of likely N-dealkylation sites (N-methyl/N-ethyl adjacent to an activating group) is 1. The number of rotatable bonds is 12. The number of hydrogen-bond donors (Lipinski definition) is 2. The minimum absolute atomic E-state index is 0.218. The molecular formula is C33H37N3O5. The largest absolute Gasteiger partial charge is 0.497 e. The summed E-state index contributed by atoms with van der Waals surface area (Å²) >= 11 is 0. The van der Waals surface area contributed by atoms with Gasteiger partial charge in [0.25, 0.3) is 0 Å². The molecular weight excluding hydrogens is 518 g/mol. The predicted molar refractivity (Wildman–Crippen MR) is 157 cm³/mol. The van der Waals surface area contributed by atoms with Crippen LogP contribution < -0.4 is 20.3 Å². The van der Waals surface area contributed by atoms with Crippen molar-refractivity contribution in [1.29, 1.82) is 0 Å². The molecule has 0 unspecified atom stereocenters. The third-order valence-corrected chi connectivity index (χ3v) is 7.65. The van der Waals surface area contributed by atoms with Gasteiger partial charge >= 0.3 is 0 Å². The Morgan fingerprint density at radius 3 is 1.90 bits per heavy atom. The molecule has 0 radical (unpaired) electrons. The Morgan fingerprint density at radius 1 is 0.829 bits per heavy atom. The highest BCUT2D eigenvalue weighted by Crippen LogP contribution is 2.31. The number of hydrogen-bond acceptors (Lipinski definition) is 5. The van der Waals surface area contributed by atoms with Gasteiger partial charge in [-0.3, -0.25) is 14.4 Å². The number of ether oxygens (including phenoxy) is 1. The molecule has 3 aromatic carbocycles. The standard InChI is InChI=1S/C33H37N3O5/c1-36(28-15-17-29(41-2)18-16-28)33(40)30(20-24-11-7-4-8-12-24)35-32(39)26-14-13-25(21-26)31(38)34-27(22-37)19-23-9-5-3-6-10-23/h3-12,15-18,22,25-27,30H,13-14,19-21H2,1-2H3,(H,34,38)(H,35,39)/t25-,26+,27+,30+/m1/s1. The Hall–Kier alpha value is -4.46. The first-order chi connectivity index (χ1) is 19.9. The van der Waals surface area contributed by atoms with Crippen LogP contribution in [0.5, 0.6) is 5.75 Å². The topological polar surface area (TPSA) is 105 Å². The molecule has 0 aromatic heterocycles. The van der Waals surface area contributed by atoms with Crippen LogP contribution in [0.25, 0.3) is 0 Å². The van der Waals surface area contributed by atoms with Crippen molar-refractivity contribution in [3.8, 4) is 5.75 Å². The molecule has 214 valence electrons. The van der Waals surface area contributed by atoms with Gasteiger partial charge in [-0.1, -0.05) is 60.7 Å². The van der Waals surface area contributed by atoms with E-state index in [0.29, 0.717) is 43.5 Å². The van der Waals surface area contributed by atoms with Crippen molar-refractivity contribution >= 4 is 29.7 Å². The van der Waals surface area contributed by atoms with E-state index in [9.17, 15) is 19.2 Å². The average molecular weight is 556 g/mol. The highest BCUT2D eigenvalue weighted by atomic mass is 16.5. The van der Waals surface area contributed by atoms with E-state index in [2.05, 4.69) is 10.6 Å². The first kappa shape index (κ1) is 29.5. The first-order valence-corrected chi connectivity index (χ1v) is 13.9. The minimum Gasteiger partial charge on any atom is -0.497 e. The van der Waals surface area contributed by atoms with Gasteiger partial charge in [0.2, 0.25) is 17.7 Å². The summed E-state index contributed by atoms with van der Waals surface area (Å²) in [4.78, 5) is 53.1. The average Bonchev–Trinajstić information content (AvgIpc) is 3.52. The van der Waals surface area contributed by atoms with Crippen LogP contribution in [0.3, 0.4) is 0 Å². The molecule has 8 heteroatoms. The minimum atomic E-state index is -0.782. The number of aldehydes is 1. The fourth-order valence-corrected chi connectivity index (χ4v) is 5.27. The van der Waals surface area contributed by atoms with Crippen LogP contribution in [0.15, 0.2) is 84.9 Å². The van der Waals surface area contributed by atoms with Crippen molar-refractivity contribution in [2.75, 3.05) is 19.1 Å². The lowest BCUT2D eigenvalue weighted by Crippen LogP contribution is -2.50. The van der Waals surface area contributed by atoms with Gasteiger partial charge in [0.1, 0.15) is 18.1 Å². The molecule has 3 amide bonds. The zero-order valence-corrected chi connectivity index (χ0v) is 23.5. The van der Waals surface area contributed by atoms with E-state index >= 15 is 0 Å². The van der Waals surface area contributed by atoms with Crippen LogP contribution in [-0.2, 0) is 32.0 Å². The molecule has 0 spiro atoms. The molecule has 0 bridgehead atoms. The maximum absolute atomic E-state index is 13.6. The van der Waals surface area contributed by atoms with Gasteiger partial charge in [0.05, 0.1) is 13.2 Å². The number of benzene rings is 3. The summed E-state index contributed by atoms with van der Waals surface area (Å²) in [5.41, 5.74) is 2.57. The number of carbonyl (C=O) groups is 4. The molecule has 1 aliphatic carbocycles. The third-order valence-electron chi connectivity index (χ3n) is 7.65. The zero-order valence-electron chi connectivity index (χ0n) is 23.5. The Balaban J connectivity index is 1.39. The molecule has 4 rings (SSSR count). The first-order valence-electron chi connectivity index (χ1n) is 13.9. The molecule has 1 fully saturated rings. The van der Waals surface area contributed by atoms with E-state index in [4.69, 9.17) is 4.74 Å². The van der Waals surface area contributed by atoms with Crippen molar-refractivity contribution in [2.45, 2.75) is 44.2 Å². The molecule has 8 nitrogen and oxygen atoms in total. The number of nitrogens with zero attached hydrogens (tertiary/aromatic N) is 1. The van der Waals surface area contributed by atoms with Crippen LogP contribution in [0.2, 0.25) is 0 Å². The number of carbonyl (C=O) groups excluding carboxylic acids is 4. The third kappa shape index (κ3) is 8.03. The maximum atomic E-state index is 13.6. The van der Waals surface area contributed by atoms with Crippen molar-refractivity contribution in [3.05, 3.63) is 96.1 Å². The van der Waals surface area contributed by atoms with E-state index in [0.717, 1.165) is 17.4 Å². The molecule has 3 aromatic rings. The van der Waals surface area contributed by atoms with Crippen molar-refractivity contribution < 1.29 is 23.9 Å². The predicted octanol–water partition coefficient (Wildman–Crippen LogP) is 3.73. The number of nitrogens with one attached hydrogen (secondary N) is 2. The summed E-state index contributed by atoms with van der Waals surface area (Å²) in [6, 6.07) is 24.8. The van der Waals surface area contributed by atoms with Gasteiger partial charge in [0.15, 0.2) is 0 Å². The van der Waals surface area contributed by atoms with Crippen LogP contribution in [-0.4, -0.2) is 50.2 Å². The number of amides is 3. The monoisotopic (exact) mass is 555 g/mol. The van der Waals surface area contributed by atoms with Crippen molar-refractivity contribution in [2.24, 2.45) is 11.8 Å². The van der Waals surface area contributed by atoms with Crippen LogP contribution in [0, 0.1) is 11.8 Å². The van der Waals surface area contributed by atoms with Crippen molar-refractivity contribution in [1.82, 2.24) is 10.6 Å². The summed E-state index contributed by atoms with van der Waals surface area (Å²) in [7, 11) is 3.26. The lowest BCUT2D eigenvalue weighted by molar-refractivity contribution is -0.130. The van der Waals surface area contributed by atoms with Gasteiger partial charge in [0, 0.05) is 31.0 Å².